The van der Waals surface area contributed by atoms with Crippen LogP contribution in [0.5, 0.6) is 0 Å². The summed E-state index contributed by atoms with van der Waals surface area (Å²) in [7, 11) is 0. The Bertz CT molecular complexity index is 748. The van der Waals surface area contributed by atoms with Gasteiger partial charge in [0.2, 0.25) is 5.91 Å². The number of anilines is 2. The number of thiophene rings is 1. The first-order valence-corrected chi connectivity index (χ1v) is 8.91. The van der Waals surface area contributed by atoms with Crippen molar-refractivity contribution in [1.29, 1.82) is 0 Å². The summed E-state index contributed by atoms with van der Waals surface area (Å²) < 4.78 is 0. The van der Waals surface area contributed by atoms with Gasteiger partial charge in [-0.15, -0.1) is 11.3 Å². The molecule has 8 heteroatoms. The van der Waals surface area contributed by atoms with Gasteiger partial charge in [0, 0.05) is 12.1 Å². The lowest BCUT2D eigenvalue weighted by atomic mass is 10.2. The van der Waals surface area contributed by atoms with Gasteiger partial charge in [-0.1, -0.05) is 24.6 Å². The lowest BCUT2D eigenvalue weighted by Crippen LogP contribution is -2.33. The van der Waals surface area contributed by atoms with Crippen LogP contribution in [-0.4, -0.2) is 16.9 Å². The van der Waals surface area contributed by atoms with Gasteiger partial charge in [0.1, 0.15) is 0 Å². The topological polar surface area (TPSA) is 70.2 Å². The van der Waals surface area contributed by atoms with Crippen molar-refractivity contribution in [2.45, 2.75) is 19.8 Å². The quantitative estimate of drug-likeness (QED) is 0.676. The molecule has 1 heterocycles. The van der Waals surface area contributed by atoms with Gasteiger partial charge < -0.3 is 10.6 Å². The number of thiocarbonyl (C=S) groups is 1. The Morgan fingerprint density at radius 3 is 2.71 bits per heavy atom. The maximum absolute atomic E-state index is 12.0. The number of nitrogens with one attached hydrogen (secondary N) is 3. The van der Waals surface area contributed by atoms with Crippen LogP contribution in [-0.2, 0) is 4.79 Å². The van der Waals surface area contributed by atoms with E-state index < -0.39 is 0 Å². The summed E-state index contributed by atoms with van der Waals surface area (Å²) in [5.41, 5.74) is 1.11. The normalized spacial score (nSPS) is 10.1. The van der Waals surface area contributed by atoms with E-state index in [0.717, 1.165) is 6.42 Å². The monoisotopic (exact) mass is 381 g/mol. The van der Waals surface area contributed by atoms with E-state index in [9.17, 15) is 9.59 Å². The standard InChI is InChI=1S/C16H16ClN3O2S2/c1-2-4-14(21)18-10-6-7-11(17)12(9-10)19-16(23)20-15(22)13-5-3-8-24-13/h3,5-9H,2,4H2,1H3,(H,18,21)(H2,19,20,22,23). The predicted molar refractivity (Wildman–Crippen MR) is 103 cm³/mol. The van der Waals surface area contributed by atoms with E-state index in [1.807, 2.05) is 12.3 Å². The highest BCUT2D eigenvalue weighted by molar-refractivity contribution is 7.80. The molecule has 0 saturated carbocycles. The molecule has 0 unspecified atom stereocenters. The van der Waals surface area contributed by atoms with Crippen LogP contribution in [0.4, 0.5) is 11.4 Å². The zero-order valence-electron chi connectivity index (χ0n) is 12.9. The first kappa shape index (κ1) is 18.4. The van der Waals surface area contributed by atoms with Crippen molar-refractivity contribution in [3.63, 3.8) is 0 Å². The SMILES string of the molecule is CCCC(=O)Nc1ccc(Cl)c(NC(=S)NC(=O)c2cccs2)c1. The van der Waals surface area contributed by atoms with Crippen molar-refractivity contribution in [2.75, 3.05) is 10.6 Å². The second-order valence-electron chi connectivity index (χ2n) is 4.88. The van der Waals surface area contributed by atoms with Gasteiger partial charge in [-0.3, -0.25) is 14.9 Å². The highest BCUT2D eigenvalue weighted by Crippen LogP contribution is 2.25. The molecule has 0 aliphatic carbocycles. The molecule has 0 aliphatic heterocycles. The molecule has 0 atom stereocenters. The van der Waals surface area contributed by atoms with Crippen LogP contribution in [0, 0.1) is 0 Å². The fourth-order valence-corrected chi connectivity index (χ4v) is 2.86. The van der Waals surface area contributed by atoms with Crippen LogP contribution in [0.2, 0.25) is 5.02 Å². The summed E-state index contributed by atoms with van der Waals surface area (Å²) in [6.45, 7) is 1.93. The Morgan fingerprint density at radius 2 is 2.04 bits per heavy atom. The number of carbonyl (C=O) groups is 2. The van der Waals surface area contributed by atoms with E-state index >= 15 is 0 Å². The van der Waals surface area contributed by atoms with Crippen molar-refractivity contribution in [2.24, 2.45) is 0 Å². The molecule has 1 aromatic heterocycles. The lowest BCUT2D eigenvalue weighted by molar-refractivity contribution is -0.116. The van der Waals surface area contributed by atoms with Gasteiger partial charge >= 0.3 is 0 Å². The lowest BCUT2D eigenvalue weighted by Gasteiger charge is -2.12. The van der Waals surface area contributed by atoms with E-state index in [1.165, 1.54) is 11.3 Å². The minimum atomic E-state index is -0.286. The van der Waals surface area contributed by atoms with Gasteiger partial charge in [-0.05, 0) is 48.3 Å². The van der Waals surface area contributed by atoms with Crippen molar-refractivity contribution < 1.29 is 9.59 Å². The number of hydrogen-bond donors (Lipinski definition) is 3. The van der Waals surface area contributed by atoms with E-state index in [4.69, 9.17) is 23.8 Å². The number of benzene rings is 1. The third kappa shape index (κ3) is 5.30. The van der Waals surface area contributed by atoms with Gasteiger partial charge in [-0.25, -0.2) is 0 Å². The zero-order valence-corrected chi connectivity index (χ0v) is 15.3. The number of amides is 2. The Kier molecular flexibility index (Phi) is 6.72. The molecule has 2 aromatic rings. The van der Waals surface area contributed by atoms with Gasteiger partial charge in [0.05, 0.1) is 15.6 Å². The minimum absolute atomic E-state index is 0.0700. The molecular formula is C16H16ClN3O2S2. The summed E-state index contributed by atoms with van der Waals surface area (Å²) >= 11 is 12.6. The molecule has 0 bridgehead atoms. The molecule has 126 valence electrons. The molecule has 0 radical (unpaired) electrons. The maximum Gasteiger partial charge on any atom is 0.267 e. The van der Waals surface area contributed by atoms with Crippen molar-refractivity contribution >= 4 is 63.5 Å². The second-order valence-corrected chi connectivity index (χ2v) is 6.64. The van der Waals surface area contributed by atoms with E-state index in [2.05, 4.69) is 16.0 Å². The summed E-state index contributed by atoms with van der Waals surface area (Å²) in [5, 5.41) is 10.6. The Hall–Kier alpha value is -1.96. The van der Waals surface area contributed by atoms with E-state index in [-0.39, 0.29) is 16.9 Å². The van der Waals surface area contributed by atoms with Crippen LogP contribution < -0.4 is 16.0 Å². The van der Waals surface area contributed by atoms with E-state index in [1.54, 1.807) is 30.3 Å². The molecular weight excluding hydrogens is 366 g/mol. The predicted octanol–water partition coefficient (Wildman–Crippen LogP) is 4.27. The van der Waals surface area contributed by atoms with Crippen molar-refractivity contribution in [3.8, 4) is 0 Å². The summed E-state index contributed by atoms with van der Waals surface area (Å²) in [4.78, 5) is 24.2. The van der Waals surface area contributed by atoms with Gasteiger partial charge in [0.15, 0.2) is 5.11 Å². The first-order valence-electron chi connectivity index (χ1n) is 7.25. The molecule has 5 nitrogen and oxygen atoms in total. The largest absolute Gasteiger partial charge is 0.331 e. The molecule has 3 N–H and O–H groups in total. The van der Waals surface area contributed by atoms with E-state index in [0.29, 0.717) is 27.7 Å². The molecule has 0 spiro atoms. The highest BCUT2D eigenvalue weighted by atomic mass is 35.5. The average molecular weight is 382 g/mol. The van der Waals surface area contributed by atoms with Crippen molar-refractivity contribution in [3.05, 3.63) is 45.6 Å². The number of carbonyl (C=O) groups excluding carboxylic acids is 2. The third-order valence-corrected chi connectivity index (χ3v) is 4.35. The molecule has 1 aromatic carbocycles. The van der Waals surface area contributed by atoms with Crippen LogP contribution >= 0.6 is 35.2 Å². The second kappa shape index (κ2) is 8.77. The molecule has 2 amide bonds. The number of halogens is 1. The summed E-state index contributed by atoms with van der Waals surface area (Å²) in [6.07, 6.45) is 1.21. The first-order chi connectivity index (χ1) is 11.5. The highest BCUT2D eigenvalue weighted by Gasteiger charge is 2.11. The third-order valence-electron chi connectivity index (χ3n) is 2.95. The summed E-state index contributed by atoms with van der Waals surface area (Å²) in [5.74, 6) is -0.356. The van der Waals surface area contributed by atoms with Crippen LogP contribution in [0.15, 0.2) is 35.7 Å². The fraction of sp³-hybridized carbons (Fsp3) is 0.188. The minimum Gasteiger partial charge on any atom is -0.331 e. The molecule has 0 aliphatic rings. The van der Waals surface area contributed by atoms with Crippen LogP contribution in [0.25, 0.3) is 0 Å². The zero-order chi connectivity index (χ0) is 17.5. The fourth-order valence-electron chi connectivity index (χ4n) is 1.88. The number of hydrogen-bond acceptors (Lipinski definition) is 4. The average Bonchev–Trinajstić information content (AvgIpc) is 3.05. The van der Waals surface area contributed by atoms with Crippen LogP contribution in [0.3, 0.4) is 0 Å². The Labute approximate surface area is 154 Å². The number of rotatable bonds is 5. The van der Waals surface area contributed by atoms with Crippen LogP contribution in [0.1, 0.15) is 29.4 Å². The molecule has 2 rings (SSSR count). The molecule has 0 saturated heterocycles. The molecule has 24 heavy (non-hydrogen) atoms. The Balaban J connectivity index is 2.01. The maximum atomic E-state index is 12.0. The summed E-state index contributed by atoms with van der Waals surface area (Å²) in [6, 6.07) is 8.51. The Morgan fingerprint density at radius 1 is 1.25 bits per heavy atom. The molecule has 0 fully saturated rings. The smallest absolute Gasteiger partial charge is 0.267 e. The van der Waals surface area contributed by atoms with Gasteiger partial charge in [0.25, 0.3) is 5.91 Å². The van der Waals surface area contributed by atoms with Gasteiger partial charge in [-0.2, -0.15) is 0 Å². The van der Waals surface area contributed by atoms with Crippen molar-refractivity contribution in [1.82, 2.24) is 5.32 Å².